The molecular formula is C8H12N2. The maximum absolute atomic E-state index is 7.31. The molecule has 0 radical (unpaired) electrons. The average Bonchev–Trinajstić information content (AvgIpc) is 2.13. The van der Waals surface area contributed by atoms with Gasteiger partial charge >= 0.3 is 0 Å². The van der Waals surface area contributed by atoms with Crippen LogP contribution in [0.2, 0.25) is 0 Å². The van der Waals surface area contributed by atoms with Crippen LogP contribution in [0.3, 0.4) is 0 Å². The molecule has 0 atom stereocenters. The molecule has 0 aliphatic heterocycles. The van der Waals surface area contributed by atoms with Crippen LogP contribution in [0, 0.1) is 19.3 Å². The quantitative estimate of drug-likeness (QED) is 0.417. The zero-order valence-electron chi connectivity index (χ0n) is 6.60. The monoisotopic (exact) mass is 136 g/mol. The van der Waals surface area contributed by atoms with Gasteiger partial charge in [0.15, 0.2) is 0 Å². The third kappa shape index (κ3) is 1.10. The van der Waals surface area contributed by atoms with Crippen molar-refractivity contribution in [2.45, 2.75) is 20.8 Å². The van der Waals surface area contributed by atoms with Gasteiger partial charge in [-0.1, -0.05) is 0 Å². The summed E-state index contributed by atoms with van der Waals surface area (Å²) in [5.74, 6) is 0.566. The maximum atomic E-state index is 7.31. The van der Waals surface area contributed by atoms with E-state index in [0.29, 0.717) is 5.84 Å². The van der Waals surface area contributed by atoms with Crippen molar-refractivity contribution in [1.29, 1.82) is 5.41 Å². The van der Waals surface area contributed by atoms with Crippen molar-refractivity contribution < 1.29 is 0 Å². The average molecular weight is 136 g/mol. The van der Waals surface area contributed by atoms with E-state index < -0.39 is 0 Å². The first-order chi connectivity index (χ1) is 4.61. The summed E-state index contributed by atoms with van der Waals surface area (Å²) in [6, 6.07) is 0. The first kappa shape index (κ1) is 7.06. The highest BCUT2D eigenvalue weighted by molar-refractivity contribution is 5.79. The van der Waals surface area contributed by atoms with E-state index in [9.17, 15) is 0 Å². The van der Waals surface area contributed by atoms with Crippen molar-refractivity contribution in [3.05, 3.63) is 23.5 Å². The summed E-state index contributed by atoms with van der Waals surface area (Å²) in [5, 5.41) is 7.31. The lowest BCUT2D eigenvalue weighted by Gasteiger charge is -1.94. The standard InChI is InChI=1S/C8H12N2/c1-6-4-10(8(3)9)5-7(6)2/h4-5,9H,1-3H3. The number of hydrogen-bond acceptors (Lipinski definition) is 1. The Morgan fingerprint density at radius 3 is 1.90 bits per heavy atom. The van der Waals surface area contributed by atoms with E-state index in [-0.39, 0.29) is 0 Å². The van der Waals surface area contributed by atoms with Gasteiger partial charge in [0.05, 0.1) is 0 Å². The fraction of sp³-hybridized carbons (Fsp3) is 0.375. The van der Waals surface area contributed by atoms with Gasteiger partial charge in [-0.25, -0.2) is 0 Å². The second-order valence-electron chi connectivity index (χ2n) is 2.62. The molecule has 1 aromatic heterocycles. The van der Waals surface area contributed by atoms with Crippen LogP contribution in [0.25, 0.3) is 0 Å². The second-order valence-corrected chi connectivity index (χ2v) is 2.62. The normalized spacial score (nSPS) is 9.90. The summed E-state index contributed by atoms with van der Waals surface area (Å²) in [5.41, 5.74) is 2.48. The van der Waals surface area contributed by atoms with E-state index >= 15 is 0 Å². The van der Waals surface area contributed by atoms with Gasteiger partial charge in [0, 0.05) is 12.4 Å². The number of nitrogens with one attached hydrogen (secondary N) is 1. The zero-order valence-corrected chi connectivity index (χ0v) is 6.60. The van der Waals surface area contributed by atoms with E-state index in [2.05, 4.69) is 13.8 Å². The summed E-state index contributed by atoms with van der Waals surface area (Å²) >= 11 is 0. The topological polar surface area (TPSA) is 28.8 Å². The molecule has 0 unspecified atom stereocenters. The van der Waals surface area contributed by atoms with Crippen LogP contribution in [0.1, 0.15) is 18.1 Å². The lowest BCUT2D eigenvalue weighted by Crippen LogP contribution is -2.00. The molecule has 0 aliphatic carbocycles. The van der Waals surface area contributed by atoms with Crippen molar-refractivity contribution >= 4 is 5.84 Å². The molecule has 1 rings (SSSR count). The third-order valence-electron chi connectivity index (χ3n) is 1.67. The number of hydrogen-bond donors (Lipinski definition) is 1. The van der Waals surface area contributed by atoms with Crippen molar-refractivity contribution in [3.63, 3.8) is 0 Å². The number of aromatic nitrogens is 1. The van der Waals surface area contributed by atoms with E-state index in [4.69, 9.17) is 5.41 Å². The highest BCUT2D eigenvalue weighted by Gasteiger charge is 1.97. The molecule has 0 aromatic carbocycles. The minimum atomic E-state index is 0.566. The molecule has 2 nitrogen and oxygen atoms in total. The Labute approximate surface area is 61.0 Å². The largest absolute Gasteiger partial charge is 0.312 e. The van der Waals surface area contributed by atoms with Crippen LogP contribution in [-0.4, -0.2) is 10.4 Å². The lowest BCUT2D eigenvalue weighted by molar-refractivity contribution is 1.11. The highest BCUT2D eigenvalue weighted by Crippen LogP contribution is 2.06. The molecule has 1 heterocycles. The lowest BCUT2D eigenvalue weighted by atomic mass is 10.2. The predicted octanol–water partition coefficient (Wildman–Crippen LogP) is 1.95. The van der Waals surface area contributed by atoms with E-state index in [1.165, 1.54) is 11.1 Å². The first-order valence-corrected chi connectivity index (χ1v) is 3.32. The number of nitrogens with zero attached hydrogens (tertiary/aromatic N) is 1. The van der Waals surface area contributed by atoms with Crippen LogP contribution in [0.5, 0.6) is 0 Å². The van der Waals surface area contributed by atoms with Crippen molar-refractivity contribution in [2.24, 2.45) is 0 Å². The van der Waals surface area contributed by atoms with Gasteiger partial charge in [-0.2, -0.15) is 0 Å². The van der Waals surface area contributed by atoms with Gasteiger partial charge < -0.3 is 4.57 Å². The van der Waals surface area contributed by atoms with Crippen molar-refractivity contribution in [2.75, 3.05) is 0 Å². The van der Waals surface area contributed by atoms with E-state index in [1.807, 2.05) is 17.0 Å². The molecule has 0 fully saturated rings. The minimum absolute atomic E-state index is 0.566. The Morgan fingerprint density at radius 2 is 1.70 bits per heavy atom. The third-order valence-corrected chi connectivity index (χ3v) is 1.67. The Morgan fingerprint density at radius 1 is 1.30 bits per heavy atom. The zero-order chi connectivity index (χ0) is 7.72. The molecule has 10 heavy (non-hydrogen) atoms. The molecular weight excluding hydrogens is 124 g/mol. The van der Waals surface area contributed by atoms with Gasteiger partial charge in [0.1, 0.15) is 5.84 Å². The fourth-order valence-electron chi connectivity index (χ4n) is 0.852. The van der Waals surface area contributed by atoms with Crippen molar-refractivity contribution in [1.82, 2.24) is 4.57 Å². The summed E-state index contributed by atoms with van der Waals surface area (Å²) in [6.07, 6.45) is 3.94. The molecule has 0 saturated carbocycles. The maximum Gasteiger partial charge on any atom is 0.101 e. The van der Waals surface area contributed by atoms with Crippen LogP contribution < -0.4 is 0 Å². The number of rotatable bonds is 0. The molecule has 0 saturated heterocycles. The molecule has 2 heteroatoms. The van der Waals surface area contributed by atoms with E-state index in [0.717, 1.165) is 0 Å². The summed E-state index contributed by atoms with van der Waals surface area (Å²) in [7, 11) is 0. The van der Waals surface area contributed by atoms with Gasteiger partial charge in [0.2, 0.25) is 0 Å². The van der Waals surface area contributed by atoms with Gasteiger partial charge in [-0.3, -0.25) is 5.41 Å². The minimum Gasteiger partial charge on any atom is -0.312 e. The Balaban J connectivity index is 3.10. The molecule has 0 bridgehead atoms. The van der Waals surface area contributed by atoms with Gasteiger partial charge in [0.25, 0.3) is 0 Å². The smallest absolute Gasteiger partial charge is 0.101 e. The Bertz CT molecular complexity index is 239. The summed E-state index contributed by atoms with van der Waals surface area (Å²) in [6.45, 7) is 5.88. The molecule has 1 aromatic rings. The van der Waals surface area contributed by atoms with Crippen LogP contribution in [0.4, 0.5) is 0 Å². The first-order valence-electron chi connectivity index (χ1n) is 3.32. The molecule has 0 spiro atoms. The highest BCUT2D eigenvalue weighted by atomic mass is 15.0. The summed E-state index contributed by atoms with van der Waals surface area (Å²) in [4.78, 5) is 0. The second kappa shape index (κ2) is 2.29. The van der Waals surface area contributed by atoms with Crippen LogP contribution in [0.15, 0.2) is 12.4 Å². The molecule has 0 amide bonds. The fourth-order valence-corrected chi connectivity index (χ4v) is 0.852. The number of aryl methyl sites for hydroxylation is 2. The van der Waals surface area contributed by atoms with Crippen LogP contribution >= 0.6 is 0 Å². The predicted molar refractivity (Wildman–Crippen MR) is 42.7 cm³/mol. The Kier molecular flexibility index (Phi) is 1.62. The molecule has 0 aliphatic rings. The van der Waals surface area contributed by atoms with Crippen molar-refractivity contribution in [3.8, 4) is 0 Å². The summed E-state index contributed by atoms with van der Waals surface area (Å²) < 4.78 is 1.82. The molecule has 54 valence electrons. The SMILES string of the molecule is CC(=N)n1cc(C)c(C)c1. The van der Waals surface area contributed by atoms with Gasteiger partial charge in [-0.15, -0.1) is 0 Å². The van der Waals surface area contributed by atoms with Gasteiger partial charge in [-0.05, 0) is 31.9 Å². The molecule has 1 N–H and O–H groups in total. The van der Waals surface area contributed by atoms with Crippen LogP contribution in [-0.2, 0) is 0 Å². The van der Waals surface area contributed by atoms with E-state index in [1.54, 1.807) is 6.92 Å². The Hall–Kier alpha value is -1.05.